The number of hydrogen-bond donors (Lipinski definition) is 1. The molecule has 0 aromatic heterocycles. The van der Waals surface area contributed by atoms with E-state index in [1.165, 1.54) is 4.31 Å². The van der Waals surface area contributed by atoms with E-state index < -0.39 is 10.0 Å². The van der Waals surface area contributed by atoms with Crippen molar-refractivity contribution in [1.29, 1.82) is 0 Å². The highest BCUT2D eigenvalue weighted by atomic mass is 35.5. The summed E-state index contributed by atoms with van der Waals surface area (Å²) in [4.78, 5) is 14.4. The van der Waals surface area contributed by atoms with E-state index in [0.29, 0.717) is 44.2 Å². The summed E-state index contributed by atoms with van der Waals surface area (Å²) in [6.45, 7) is 2.85. The predicted octanol–water partition coefficient (Wildman–Crippen LogP) is 0.656. The van der Waals surface area contributed by atoms with E-state index in [0.717, 1.165) is 11.4 Å². The van der Waals surface area contributed by atoms with Gasteiger partial charge >= 0.3 is 0 Å². The Bertz CT molecular complexity index is 889. The molecular formula is C15H20ClN5O4S2. The molecule has 1 unspecified atom stereocenters. The van der Waals surface area contributed by atoms with Crippen LogP contribution in [0.4, 0.5) is 11.4 Å². The van der Waals surface area contributed by atoms with Gasteiger partial charge in [0.05, 0.1) is 24.6 Å². The molecule has 4 rings (SSSR count). The third-order valence-electron chi connectivity index (χ3n) is 4.64. The number of carbonyl (C=O) groups excluding carboxylic acids is 1. The number of benzene rings is 1. The molecule has 2 fully saturated rings. The van der Waals surface area contributed by atoms with E-state index in [9.17, 15) is 13.2 Å². The smallest absolute Gasteiger partial charge is 0.245 e. The van der Waals surface area contributed by atoms with Gasteiger partial charge in [-0.2, -0.15) is 13.0 Å². The lowest BCUT2D eigenvalue weighted by atomic mass is 10.2. The van der Waals surface area contributed by atoms with Crippen LogP contribution in [0.2, 0.25) is 0 Å². The zero-order valence-electron chi connectivity index (χ0n) is 14.4. The van der Waals surface area contributed by atoms with Gasteiger partial charge < -0.3 is 15.0 Å². The second kappa shape index (κ2) is 8.33. The normalized spacial score (nSPS) is 22.7. The Kier molecular flexibility index (Phi) is 6.28. The summed E-state index contributed by atoms with van der Waals surface area (Å²) in [6.07, 6.45) is 0. The fraction of sp³-hybridized carbons (Fsp3) is 0.533. The standard InChI is InChI=1S/C15H19N5O4S2.ClH/c21-15(12-10-24-9-4-16-12)19-5-7-20(8-6-19)26(22,23)13-3-1-2-11-14(13)18-25-17-11;/h1-3,12,16H,4-10H2;1H. The second-order valence-corrected chi connectivity index (χ2v) is 8.63. The number of carbonyl (C=O) groups is 1. The predicted molar refractivity (Wildman–Crippen MR) is 103 cm³/mol. The van der Waals surface area contributed by atoms with E-state index in [-0.39, 0.29) is 42.3 Å². The number of sulfonamides is 1. The average Bonchev–Trinajstić information content (AvgIpc) is 3.17. The number of nitrogens with zero attached hydrogens (tertiary/aromatic N) is 4. The van der Waals surface area contributed by atoms with Crippen LogP contribution < -0.4 is 5.32 Å². The summed E-state index contributed by atoms with van der Waals surface area (Å²) in [6, 6.07) is 4.63. The number of piperazine rings is 1. The molecule has 0 saturated carbocycles. The number of rotatable bonds is 3. The molecule has 1 aromatic carbocycles. The van der Waals surface area contributed by atoms with Gasteiger partial charge in [0.25, 0.3) is 0 Å². The Morgan fingerprint density at radius 3 is 2.70 bits per heavy atom. The highest BCUT2D eigenvalue weighted by Crippen LogP contribution is 2.38. The zero-order valence-corrected chi connectivity index (χ0v) is 16.9. The van der Waals surface area contributed by atoms with Gasteiger partial charge in [0.2, 0.25) is 15.9 Å². The van der Waals surface area contributed by atoms with Gasteiger partial charge in [-0.3, -0.25) is 4.79 Å². The van der Waals surface area contributed by atoms with Gasteiger partial charge in [-0.15, -0.1) is 12.4 Å². The zero-order chi connectivity index (χ0) is 18.1. The van der Waals surface area contributed by atoms with Crippen molar-refractivity contribution in [2.45, 2.75) is 10.9 Å². The van der Waals surface area contributed by atoms with E-state index in [1.807, 2.05) is 0 Å². The third-order valence-corrected chi connectivity index (χ3v) is 7.11. The van der Waals surface area contributed by atoms with Crippen LogP contribution in [0.3, 0.4) is 0 Å². The quantitative estimate of drug-likeness (QED) is 0.765. The van der Waals surface area contributed by atoms with Crippen LogP contribution in [0, 0.1) is 0 Å². The van der Waals surface area contributed by atoms with Gasteiger partial charge in [0.1, 0.15) is 22.3 Å². The molecule has 0 spiro atoms. The molecule has 1 N–H and O–H groups in total. The van der Waals surface area contributed by atoms with E-state index in [4.69, 9.17) is 4.74 Å². The average molecular weight is 434 g/mol. The number of ether oxygens (including phenoxy) is 1. The van der Waals surface area contributed by atoms with Gasteiger partial charge in [0.15, 0.2) is 0 Å². The molecule has 1 aromatic rings. The van der Waals surface area contributed by atoms with E-state index in [1.54, 1.807) is 23.1 Å². The largest absolute Gasteiger partial charge is 0.378 e. The van der Waals surface area contributed by atoms with Crippen molar-refractivity contribution in [1.82, 2.24) is 14.5 Å². The van der Waals surface area contributed by atoms with Gasteiger partial charge in [-0.1, -0.05) is 6.07 Å². The number of amides is 1. The first-order valence-electron chi connectivity index (χ1n) is 8.39. The van der Waals surface area contributed by atoms with Crippen LogP contribution in [0.1, 0.15) is 0 Å². The highest BCUT2D eigenvalue weighted by molar-refractivity contribution is 7.89. The number of morpholine rings is 1. The summed E-state index contributed by atoms with van der Waals surface area (Å²) >= 11 is 0.995. The van der Waals surface area contributed by atoms with Crippen LogP contribution >= 0.6 is 12.4 Å². The summed E-state index contributed by atoms with van der Waals surface area (Å²) in [5, 5.41) is 3.14. The van der Waals surface area contributed by atoms with Crippen molar-refractivity contribution in [3.8, 4) is 0 Å². The molecule has 1 atom stereocenters. The van der Waals surface area contributed by atoms with Gasteiger partial charge in [0, 0.05) is 32.7 Å². The lowest BCUT2D eigenvalue weighted by Gasteiger charge is -2.36. The second-order valence-electron chi connectivity index (χ2n) is 6.20. The maximum Gasteiger partial charge on any atom is 0.245 e. The van der Waals surface area contributed by atoms with Crippen LogP contribution in [0.25, 0.3) is 0 Å². The summed E-state index contributed by atoms with van der Waals surface area (Å²) in [5.41, 5.74) is 0.979. The van der Waals surface area contributed by atoms with Gasteiger partial charge in [-0.05, 0) is 12.1 Å². The molecule has 0 bridgehead atoms. The lowest BCUT2D eigenvalue weighted by Crippen LogP contribution is -2.57. The SMILES string of the molecule is Cl.O=C(C1COCCN1)N1CCN(S(=O)(=O)c2cccc3c2N=S=N3)CC1. The Morgan fingerprint density at radius 2 is 2.00 bits per heavy atom. The van der Waals surface area contributed by atoms with Crippen molar-refractivity contribution < 1.29 is 17.9 Å². The monoisotopic (exact) mass is 433 g/mol. The summed E-state index contributed by atoms with van der Waals surface area (Å²) < 4.78 is 41.0. The van der Waals surface area contributed by atoms with Crippen molar-refractivity contribution >= 4 is 51.1 Å². The number of halogens is 1. The van der Waals surface area contributed by atoms with Crippen LogP contribution in [-0.2, 0) is 30.9 Å². The van der Waals surface area contributed by atoms with E-state index in [2.05, 4.69) is 14.0 Å². The topological polar surface area (TPSA) is 104 Å². The lowest BCUT2D eigenvalue weighted by molar-refractivity contribution is -0.137. The Labute approximate surface area is 167 Å². The van der Waals surface area contributed by atoms with Crippen LogP contribution in [-0.4, -0.2) is 75.5 Å². The Morgan fingerprint density at radius 1 is 1.22 bits per heavy atom. The highest BCUT2D eigenvalue weighted by Gasteiger charge is 2.34. The Balaban J connectivity index is 0.00000210. The molecule has 1 amide bonds. The molecule has 12 heteroatoms. The molecule has 3 aliphatic heterocycles. The minimum Gasteiger partial charge on any atom is -0.378 e. The Hall–Kier alpha value is -1.37. The van der Waals surface area contributed by atoms with Crippen molar-refractivity contribution in [3.05, 3.63) is 18.2 Å². The molecule has 2 saturated heterocycles. The molecule has 9 nitrogen and oxygen atoms in total. The molecule has 0 radical (unpaired) electrons. The van der Waals surface area contributed by atoms with Crippen molar-refractivity contribution in [2.24, 2.45) is 8.73 Å². The maximum absolute atomic E-state index is 13.0. The number of hydrogen-bond acceptors (Lipinski definition) is 7. The summed E-state index contributed by atoms with van der Waals surface area (Å²) in [7, 11) is -3.67. The minimum absolute atomic E-state index is 0. The van der Waals surface area contributed by atoms with Crippen molar-refractivity contribution in [2.75, 3.05) is 45.9 Å². The third kappa shape index (κ3) is 3.93. The summed E-state index contributed by atoms with van der Waals surface area (Å²) in [5.74, 6) is -0.0347. The van der Waals surface area contributed by atoms with Crippen LogP contribution in [0.5, 0.6) is 0 Å². The molecular weight excluding hydrogens is 414 g/mol. The fourth-order valence-electron chi connectivity index (χ4n) is 3.22. The van der Waals surface area contributed by atoms with Crippen LogP contribution in [0.15, 0.2) is 31.8 Å². The molecule has 3 heterocycles. The first kappa shape index (κ1) is 20.4. The fourth-order valence-corrected chi connectivity index (χ4v) is 5.40. The molecule has 148 valence electrons. The van der Waals surface area contributed by atoms with E-state index >= 15 is 0 Å². The molecule has 0 aliphatic carbocycles. The first-order chi connectivity index (χ1) is 12.6. The number of nitrogens with one attached hydrogen (secondary N) is 1. The number of fused-ring (bicyclic) bond motifs is 1. The maximum atomic E-state index is 13.0. The van der Waals surface area contributed by atoms with Gasteiger partial charge in [-0.25, -0.2) is 8.42 Å². The first-order valence-corrected chi connectivity index (χ1v) is 10.6. The van der Waals surface area contributed by atoms with Crippen molar-refractivity contribution in [3.63, 3.8) is 0 Å². The minimum atomic E-state index is -3.67. The molecule has 27 heavy (non-hydrogen) atoms. The molecule has 3 aliphatic rings.